The zero-order chi connectivity index (χ0) is 7.28. The summed E-state index contributed by atoms with van der Waals surface area (Å²) in [4.78, 5) is 9.78. The predicted molar refractivity (Wildman–Crippen MR) is 33.3 cm³/mol. The SMILES string of the molecule is CC([C]=O)NNC(=N)N. The highest BCUT2D eigenvalue weighted by atomic mass is 16.1. The van der Waals surface area contributed by atoms with Crippen LogP contribution in [0.2, 0.25) is 0 Å². The maximum Gasteiger partial charge on any atom is 0.218 e. The number of rotatable bonds is 3. The minimum Gasteiger partial charge on any atom is -0.369 e. The summed E-state index contributed by atoms with van der Waals surface area (Å²) in [6, 6.07) is -0.450. The van der Waals surface area contributed by atoms with Gasteiger partial charge in [-0.25, -0.2) is 5.43 Å². The Morgan fingerprint density at radius 2 is 2.44 bits per heavy atom. The summed E-state index contributed by atoms with van der Waals surface area (Å²) in [6.45, 7) is 1.59. The van der Waals surface area contributed by atoms with Crippen LogP contribution in [0, 0.1) is 5.41 Å². The van der Waals surface area contributed by atoms with Gasteiger partial charge in [-0.1, -0.05) is 0 Å². The molecule has 0 aromatic carbocycles. The van der Waals surface area contributed by atoms with Crippen molar-refractivity contribution >= 4 is 12.2 Å². The molecule has 5 nitrogen and oxygen atoms in total. The molecule has 0 bridgehead atoms. The van der Waals surface area contributed by atoms with Crippen molar-refractivity contribution < 1.29 is 4.79 Å². The molecule has 1 unspecified atom stereocenters. The molecule has 0 aliphatic heterocycles. The lowest BCUT2D eigenvalue weighted by atomic mass is 10.4. The topological polar surface area (TPSA) is 91.0 Å². The first-order chi connectivity index (χ1) is 4.16. The van der Waals surface area contributed by atoms with E-state index in [4.69, 9.17) is 11.1 Å². The molecule has 51 valence electrons. The lowest BCUT2D eigenvalue weighted by molar-refractivity contribution is 0.516. The summed E-state index contributed by atoms with van der Waals surface area (Å²) in [6.07, 6.45) is 1.64. The van der Waals surface area contributed by atoms with Crippen molar-refractivity contribution in [1.29, 1.82) is 5.41 Å². The molecule has 1 radical (unpaired) electrons. The lowest BCUT2D eigenvalue weighted by Crippen LogP contribution is -2.46. The molecule has 1 atom stereocenters. The van der Waals surface area contributed by atoms with Crippen molar-refractivity contribution in [2.24, 2.45) is 5.73 Å². The first kappa shape index (κ1) is 7.90. The largest absolute Gasteiger partial charge is 0.369 e. The minimum atomic E-state index is -0.450. The number of hydrogen-bond donors (Lipinski definition) is 4. The average Bonchev–Trinajstić information content (AvgIpc) is 1.83. The normalized spacial score (nSPS) is 12.1. The van der Waals surface area contributed by atoms with Gasteiger partial charge < -0.3 is 5.73 Å². The van der Waals surface area contributed by atoms with Crippen molar-refractivity contribution in [2.45, 2.75) is 13.0 Å². The van der Waals surface area contributed by atoms with Gasteiger partial charge in [-0.3, -0.25) is 15.6 Å². The number of nitrogens with two attached hydrogens (primary N) is 1. The van der Waals surface area contributed by atoms with Crippen LogP contribution >= 0.6 is 0 Å². The summed E-state index contributed by atoms with van der Waals surface area (Å²) in [5.41, 5.74) is 9.53. The molecule has 0 heterocycles. The van der Waals surface area contributed by atoms with E-state index in [1.54, 1.807) is 13.2 Å². The van der Waals surface area contributed by atoms with E-state index < -0.39 is 6.04 Å². The fourth-order valence-electron chi connectivity index (χ4n) is 0.215. The van der Waals surface area contributed by atoms with E-state index in [0.29, 0.717) is 0 Å². The average molecular weight is 129 g/mol. The van der Waals surface area contributed by atoms with Crippen LogP contribution < -0.4 is 16.6 Å². The molecule has 0 aliphatic rings. The number of hydrogen-bond acceptors (Lipinski definition) is 3. The summed E-state index contributed by atoms with van der Waals surface area (Å²) in [5.74, 6) is -0.225. The maximum absolute atomic E-state index is 9.78. The fraction of sp³-hybridized carbons (Fsp3) is 0.500. The van der Waals surface area contributed by atoms with Gasteiger partial charge in [0.2, 0.25) is 6.29 Å². The van der Waals surface area contributed by atoms with Gasteiger partial charge in [0.05, 0.1) is 6.04 Å². The molecule has 5 N–H and O–H groups in total. The van der Waals surface area contributed by atoms with Crippen LogP contribution in [0.4, 0.5) is 0 Å². The highest BCUT2D eigenvalue weighted by Gasteiger charge is 1.96. The van der Waals surface area contributed by atoms with E-state index in [-0.39, 0.29) is 5.96 Å². The number of nitrogens with one attached hydrogen (secondary N) is 3. The molecular formula is C4H9N4O. The lowest BCUT2D eigenvalue weighted by Gasteiger charge is -2.05. The Balaban J connectivity index is 3.26. The van der Waals surface area contributed by atoms with Gasteiger partial charge in [0.15, 0.2) is 5.96 Å². The van der Waals surface area contributed by atoms with E-state index in [1.807, 2.05) is 0 Å². The van der Waals surface area contributed by atoms with Crippen molar-refractivity contribution in [2.75, 3.05) is 0 Å². The van der Waals surface area contributed by atoms with Gasteiger partial charge in [-0.05, 0) is 6.92 Å². The van der Waals surface area contributed by atoms with Gasteiger partial charge in [0, 0.05) is 0 Å². The Morgan fingerprint density at radius 3 is 2.78 bits per heavy atom. The zero-order valence-electron chi connectivity index (χ0n) is 5.06. The summed E-state index contributed by atoms with van der Waals surface area (Å²) < 4.78 is 0. The molecule has 0 fully saturated rings. The molecule has 9 heavy (non-hydrogen) atoms. The van der Waals surface area contributed by atoms with Gasteiger partial charge in [-0.15, -0.1) is 0 Å². The van der Waals surface area contributed by atoms with Crippen LogP contribution in [-0.2, 0) is 4.79 Å². The molecule has 0 saturated heterocycles. The minimum absolute atomic E-state index is 0.225. The van der Waals surface area contributed by atoms with Gasteiger partial charge in [0.25, 0.3) is 0 Å². The number of carbonyl (C=O) groups excluding carboxylic acids is 1. The first-order valence-electron chi connectivity index (χ1n) is 2.40. The van der Waals surface area contributed by atoms with Gasteiger partial charge >= 0.3 is 0 Å². The van der Waals surface area contributed by atoms with E-state index in [2.05, 4.69) is 10.9 Å². The van der Waals surface area contributed by atoms with Crippen LogP contribution in [0.5, 0.6) is 0 Å². The van der Waals surface area contributed by atoms with E-state index >= 15 is 0 Å². The van der Waals surface area contributed by atoms with Crippen molar-refractivity contribution in [3.8, 4) is 0 Å². The maximum atomic E-state index is 9.78. The third kappa shape index (κ3) is 4.76. The second-order valence-electron chi connectivity index (χ2n) is 1.52. The highest BCUT2D eigenvalue weighted by Crippen LogP contribution is 1.65. The molecule has 5 heteroatoms. The van der Waals surface area contributed by atoms with E-state index in [0.717, 1.165) is 0 Å². The van der Waals surface area contributed by atoms with E-state index in [9.17, 15) is 4.79 Å². The van der Waals surface area contributed by atoms with Crippen molar-refractivity contribution in [3.63, 3.8) is 0 Å². The van der Waals surface area contributed by atoms with Crippen LogP contribution in [0.1, 0.15) is 6.92 Å². The Morgan fingerprint density at radius 1 is 1.89 bits per heavy atom. The smallest absolute Gasteiger partial charge is 0.218 e. The summed E-state index contributed by atoms with van der Waals surface area (Å²) >= 11 is 0. The van der Waals surface area contributed by atoms with Crippen molar-refractivity contribution in [3.05, 3.63) is 0 Å². The summed E-state index contributed by atoms with van der Waals surface area (Å²) in [7, 11) is 0. The standard InChI is InChI=1S/C4H9N4O/c1-3(2-9)7-8-4(5)6/h3,7H,1H3,(H4,5,6,8). The Bertz CT molecular complexity index is 113. The Labute approximate surface area is 53.1 Å². The zero-order valence-corrected chi connectivity index (χ0v) is 5.06. The molecular weight excluding hydrogens is 120 g/mol. The van der Waals surface area contributed by atoms with Gasteiger partial charge in [0.1, 0.15) is 0 Å². The quantitative estimate of drug-likeness (QED) is 0.211. The second kappa shape index (κ2) is 3.85. The second-order valence-corrected chi connectivity index (χ2v) is 1.52. The molecule has 0 saturated carbocycles. The summed E-state index contributed by atoms with van der Waals surface area (Å²) in [5, 5.41) is 6.64. The van der Waals surface area contributed by atoms with Crippen LogP contribution in [-0.4, -0.2) is 18.3 Å². The molecule has 0 aliphatic carbocycles. The van der Waals surface area contributed by atoms with Crippen LogP contribution in [0.25, 0.3) is 0 Å². The molecule has 0 aromatic heterocycles. The van der Waals surface area contributed by atoms with Gasteiger partial charge in [-0.2, -0.15) is 0 Å². The van der Waals surface area contributed by atoms with Crippen LogP contribution in [0.15, 0.2) is 0 Å². The monoisotopic (exact) mass is 129 g/mol. The fourth-order valence-corrected chi connectivity index (χ4v) is 0.215. The third-order valence-electron chi connectivity index (χ3n) is 0.600. The molecule has 0 amide bonds. The first-order valence-corrected chi connectivity index (χ1v) is 2.40. The molecule has 0 spiro atoms. The van der Waals surface area contributed by atoms with Crippen molar-refractivity contribution in [1.82, 2.24) is 10.9 Å². The number of hydrazine groups is 1. The highest BCUT2D eigenvalue weighted by molar-refractivity contribution is 5.74. The number of guanidine groups is 1. The third-order valence-corrected chi connectivity index (χ3v) is 0.600. The molecule has 0 rings (SSSR count). The predicted octanol–water partition coefficient (Wildman–Crippen LogP) is -1.53. The molecule has 0 aromatic rings. The van der Waals surface area contributed by atoms with Crippen LogP contribution in [0.3, 0.4) is 0 Å². The van der Waals surface area contributed by atoms with E-state index in [1.165, 1.54) is 0 Å². The Kier molecular flexibility index (Phi) is 3.38. The Hall–Kier alpha value is -1.10.